The minimum atomic E-state index is -0.435. The van der Waals surface area contributed by atoms with Crippen LogP contribution in [0.2, 0.25) is 0 Å². The zero-order valence-electron chi connectivity index (χ0n) is 21.2. The summed E-state index contributed by atoms with van der Waals surface area (Å²) in [5, 5.41) is 2.32. The van der Waals surface area contributed by atoms with Crippen LogP contribution in [0.25, 0.3) is 6.08 Å². The Morgan fingerprint density at radius 2 is 1.94 bits per heavy atom. The summed E-state index contributed by atoms with van der Waals surface area (Å²) in [4.78, 5) is 41.8. The number of carbonyl (C=O) groups excluding carboxylic acids is 3. The molecule has 2 aromatic rings. The summed E-state index contributed by atoms with van der Waals surface area (Å²) in [5.41, 5.74) is 5.07. The van der Waals surface area contributed by atoms with E-state index in [9.17, 15) is 14.4 Å². The van der Waals surface area contributed by atoms with Crippen LogP contribution < -0.4 is 10.2 Å². The molecule has 184 valence electrons. The lowest BCUT2D eigenvalue weighted by Crippen LogP contribution is -2.51. The van der Waals surface area contributed by atoms with Gasteiger partial charge in [0.15, 0.2) is 0 Å². The molecule has 0 aromatic heterocycles. The molecule has 0 saturated carbocycles. The van der Waals surface area contributed by atoms with Crippen LogP contribution in [0, 0.1) is 6.92 Å². The molecule has 6 nitrogen and oxygen atoms in total. The first kappa shape index (κ1) is 25.0. The van der Waals surface area contributed by atoms with Crippen LogP contribution >= 0.6 is 11.8 Å². The van der Waals surface area contributed by atoms with Gasteiger partial charge in [-0.2, -0.15) is 0 Å². The lowest BCUT2D eigenvalue weighted by molar-refractivity contribution is -0.127. The van der Waals surface area contributed by atoms with E-state index in [1.54, 1.807) is 12.1 Å². The second kappa shape index (κ2) is 9.53. The number of benzene rings is 2. The van der Waals surface area contributed by atoms with Gasteiger partial charge in [-0.15, -0.1) is 0 Å². The molecule has 7 heteroatoms. The first-order valence-electron chi connectivity index (χ1n) is 12.0. The van der Waals surface area contributed by atoms with Gasteiger partial charge in [0.25, 0.3) is 11.1 Å². The Bertz CT molecular complexity index is 1220. The quantitative estimate of drug-likeness (QED) is 0.507. The number of amides is 3. The number of hydrogen-bond donors (Lipinski definition) is 1. The van der Waals surface area contributed by atoms with Gasteiger partial charge in [-0.25, -0.2) is 0 Å². The third-order valence-electron chi connectivity index (χ3n) is 6.59. The Hall–Kier alpha value is -3.06. The lowest BCUT2D eigenvalue weighted by atomic mass is 9.79. The number of hydrogen-bond acceptors (Lipinski definition) is 5. The molecule has 1 fully saturated rings. The van der Waals surface area contributed by atoms with Gasteiger partial charge in [-0.1, -0.05) is 25.1 Å². The van der Waals surface area contributed by atoms with E-state index >= 15 is 0 Å². The van der Waals surface area contributed by atoms with Crippen molar-refractivity contribution in [3.05, 3.63) is 64.1 Å². The highest BCUT2D eigenvalue weighted by Gasteiger charge is 2.38. The average Bonchev–Trinajstić information content (AvgIpc) is 3.00. The number of nitrogens with one attached hydrogen (secondary N) is 1. The fourth-order valence-corrected chi connectivity index (χ4v) is 6.23. The first-order chi connectivity index (χ1) is 16.5. The molecule has 2 aliphatic heterocycles. The molecular formula is C28H33N3O3S. The van der Waals surface area contributed by atoms with Gasteiger partial charge >= 0.3 is 0 Å². The number of thioether (sulfide) groups is 1. The Kier molecular flexibility index (Phi) is 6.82. The molecule has 2 aromatic carbocycles. The van der Waals surface area contributed by atoms with E-state index in [-0.39, 0.29) is 12.1 Å². The van der Waals surface area contributed by atoms with Crippen molar-refractivity contribution in [2.24, 2.45) is 0 Å². The summed E-state index contributed by atoms with van der Waals surface area (Å²) in [7, 11) is 0. The van der Waals surface area contributed by atoms with E-state index in [1.807, 2.05) is 31.2 Å². The topological polar surface area (TPSA) is 69.7 Å². The van der Waals surface area contributed by atoms with Gasteiger partial charge in [0.2, 0.25) is 5.91 Å². The molecule has 1 atom stereocenters. The number of rotatable bonds is 5. The van der Waals surface area contributed by atoms with Crippen LogP contribution in [0.15, 0.2) is 47.4 Å². The highest BCUT2D eigenvalue weighted by Crippen LogP contribution is 2.45. The Morgan fingerprint density at radius 1 is 1.20 bits per heavy atom. The third kappa shape index (κ3) is 5.15. The smallest absolute Gasteiger partial charge is 0.294 e. The van der Waals surface area contributed by atoms with Crippen LogP contribution in [-0.2, 0) is 9.59 Å². The molecule has 1 saturated heterocycles. The molecule has 3 amide bonds. The van der Waals surface area contributed by atoms with E-state index in [0.29, 0.717) is 22.6 Å². The molecule has 1 N–H and O–H groups in total. The van der Waals surface area contributed by atoms with Gasteiger partial charge in [0.05, 0.1) is 4.91 Å². The summed E-state index contributed by atoms with van der Waals surface area (Å²) in [6.45, 7) is 12.8. The van der Waals surface area contributed by atoms with Crippen molar-refractivity contribution >= 4 is 46.3 Å². The van der Waals surface area contributed by atoms with Gasteiger partial charge in [0.1, 0.15) is 6.54 Å². The largest absolute Gasteiger partial charge is 0.364 e. The molecule has 0 unspecified atom stereocenters. The monoisotopic (exact) mass is 491 g/mol. The minimum Gasteiger partial charge on any atom is -0.364 e. The van der Waals surface area contributed by atoms with Crippen molar-refractivity contribution in [2.75, 3.05) is 16.8 Å². The fourth-order valence-electron chi connectivity index (χ4n) is 5.39. The Morgan fingerprint density at radius 3 is 2.63 bits per heavy atom. The maximum atomic E-state index is 13.0. The molecule has 2 aliphatic rings. The summed E-state index contributed by atoms with van der Waals surface area (Å²) >= 11 is 0.879. The maximum absolute atomic E-state index is 13.0. The summed E-state index contributed by atoms with van der Waals surface area (Å²) in [6.07, 6.45) is 2.80. The fraction of sp³-hybridized carbons (Fsp3) is 0.393. The zero-order chi connectivity index (χ0) is 25.5. The SMILES string of the molecule is Cc1cccc(NC(=O)CN2C(=O)S/C(=C\c3ccc4c(c3)[C@@H](C)CC(C)(C)N4C(C)C)C2=O)c1. The van der Waals surface area contributed by atoms with E-state index < -0.39 is 17.1 Å². The van der Waals surface area contributed by atoms with Crippen molar-refractivity contribution < 1.29 is 14.4 Å². The highest BCUT2D eigenvalue weighted by atomic mass is 32.2. The van der Waals surface area contributed by atoms with Crippen molar-refractivity contribution in [1.82, 2.24) is 4.90 Å². The van der Waals surface area contributed by atoms with Crippen molar-refractivity contribution in [3.63, 3.8) is 0 Å². The van der Waals surface area contributed by atoms with E-state index in [4.69, 9.17) is 0 Å². The third-order valence-corrected chi connectivity index (χ3v) is 7.50. The van der Waals surface area contributed by atoms with Crippen LogP contribution in [-0.4, -0.2) is 40.1 Å². The highest BCUT2D eigenvalue weighted by molar-refractivity contribution is 8.18. The predicted octanol–water partition coefficient (Wildman–Crippen LogP) is 6.17. The summed E-state index contributed by atoms with van der Waals surface area (Å²) in [5.74, 6) is -0.461. The molecule has 0 bridgehead atoms. The Labute approximate surface area is 211 Å². The van der Waals surface area contributed by atoms with E-state index in [1.165, 1.54) is 11.3 Å². The molecule has 0 aliphatic carbocycles. The number of carbonyl (C=O) groups is 3. The predicted molar refractivity (Wildman–Crippen MR) is 144 cm³/mol. The summed E-state index contributed by atoms with van der Waals surface area (Å²) in [6, 6.07) is 14.0. The standard InChI is InChI=1S/C28H33N3O3S/c1-17(2)31-23-11-10-20(13-22(23)19(4)15-28(31,5)6)14-24-26(33)30(27(34)35-24)16-25(32)29-21-9-7-8-18(3)12-21/h7-14,17,19H,15-16H2,1-6H3,(H,29,32)/b24-14-/t19-/m0/s1. The molecule has 0 spiro atoms. The lowest BCUT2D eigenvalue weighted by Gasteiger charge is -2.50. The van der Waals surface area contributed by atoms with Crippen LogP contribution in [0.5, 0.6) is 0 Å². The van der Waals surface area contributed by atoms with Crippen LogP contribution in [0.1, 0.15) is 63.6 Å². The van der Waals surface area contributed by atoms with Crippen molar-refractivity contribution in [3.8, 4) is 0 Å². The number of aryl methyl sites for hydroxylation is 1. The number of anilines is 2. The molecular weight excluding hydrogens is 458 g/mol. The second-order valence-electron chi connectivity index (χ2n) is 10.4. The van der Waals surface area contributed by atoms with Crippen LogP contribution in [0.3, 0.4) is 0 Å². The normalized spacial score (nSPS) is 20.5. The van der Waals surface area contributed by atoms with E-state index in [0.717, 1.165) is 34.2 Å². The maximum Gasteiger partial charge on any atom is 0.294 e. The first-order valence-corrected chi connectivity index (χ1v) is 12.8. The minimum absolute atomic E-state index is 0.0593. The van der Waals surface area contributed by atoms with Gasteiger partial charge < -0.3 is 10.2 Å². The summed E-state index contributed by atoms with van der Waals surface area (Å²) < 4.78 is 0. The second-order valence-corrected chi connectivity index (χ2v) is 11.4. The number of fused-ring (bicyclic) bond motifs is 1. The Balaban J connectivity index is 1.53. The zero-order valence-corrected chi connectivity index (χ0v) is 22.0. The molecule has 2 heterocycles. The molecule has 35 heavy (non-hydrogen) atoms. The number of nitrogens with zero attached hydrogens (tertiary/aromatic N) is 2. The van der Waals surface area contributed by atoms with Crippen molar-refractivity contribution in [2.45, 2.75) is 65.5 Å². The van der Waals surface area contributed by atoms with Crippen molar-refractivity contribution in [1.29, 1.82) is 0 Å². The molecule has 0 radical (unpaired) electrons. The van der Waals surface area contributed by atoms with E-state index in [2.05, 4.69) is 57.0 Å². The average molecular weight is 492 g/mol. The van der Waals surface area contributed by atoms with Gasteiger partial charge in [-0.3, -0.25) is 19.3 Å². The number of imide groups is 1. The van der Waals surface area contributed by atoms with Gasteiger partial charge in [-0.05, 0) is 106 Å². The molecule has 4 rings (SSSR count). The van der Waals surface area contributed by atoms with Crippen LogP contribution in [0.4, 0.5) is 16.2 Å². The van der Waals surface area contributed by atoms with Gasteiger partial charge in [0, 0.05) is 23.0 Å².